The maximum absolute atomic E-state index is 12.4. The molecule has 0 saturated carbocycles. The molecule has 0 fully saturated rings. The summed E-state index contributed by atoms with van der Waals surface area (Å²) in [7, 11) is 0. The Morgan fingerprint density at radius 3 is 2.46 bits per heavy atom. The van der Waals surface area contributed by atoms with Crippen molar-refractivity contribution < 1.29 is 9.59 Å². The van der Waals surface area contributed by atoms with Crippen molar-refractivity contribution in [1.82, 2.24) is 15.6 Å². The summed E-state index contributed by atoms with van der Waals surface area (Å²) in [4.78, 5) is 29.5. The number of hydrogen-bond donors (Lipinski definition) is 2. The summed E-state index contributed by atoms with van der Waals surface area (Å²) < 4.78 is 0. The minimum absolute atomic E-state index is 0.137. The normalized spacial score (nSPS) is 10.5. The zero-order chi connectivity index (χ0) is 19.9. The zero-order valence-electron chi connectivity index (χ0n) is 15.4. The van der Waals surface area contributed by atoms with Gasteiger partial charge in [0.25, 0.3) is 5.91 Å². The van der Waals surface area contributed by atoms with Crippen LogP contribution in [0.25, 0.3) is 0 Å². The van der Waals surface area contributed by atoms with Crippen molar-refractivity contribution in [3.8, 4) is 0 Å². The van der Waals surface area contributed by atoms with E-state index in [0.29, 0.717) is 33.7 Å². The van der Waals surface area contributed by atoms with Crippen LogP contribution in [-0.2, 0) is 24.3 Å². The lowest BCUT2D eigenvalue weighted by molar-refractivity contribution is -0.120. The number of aryl methyl sites for hydroxylation is 1. The predicted molar refractivity (Wildman–Crippen MR) is 111 cm³/mol. The van der Waals surface area contributed by atoms with Crippen LogP contribution in [0.1, 0.15) is 31.5 Å². The van der Waals surface area contributed by atoms with Crippen LogP contribution in [0.4, 0.5) is 0 Å². The lowest BCUT2D eigenvalue weighted by atomic mass is 10.2. The Balaban J connectivity index is 1.54. The monoisotopic (exact) mass is 413 g/mol. The van der Waals surface area contributed by atoms with Gasteiger partial charge in [-0.2, -0.15) is 0 Å². The number of aromatic nitrogens is 1. The van der Waals surface area contributed by atoms with Gasteiger partial charge < -0.3 is 10.6 Å². The van der Waals surface area contributed by atoms with E-state index in [9.17, 15) is 9.59 Å². The number of hydrogen-bond acceptors (Lipinski definition) is 4. The minimum atomic E-state index is -0.176. The smallest absolute Gasteiger partial charge is 0.263 e. The Hall–Kier alpha value is -2.70. The first-order valence-corrected chi connectivity index (χ1v) is 10.0. The van der Waals surface area contributed by atoms with Gasteiger partial charge >= 0.3 is 0 Å². The number of benzene rings is 2. The van der Waals surface area contributed by atoms with Crippen molar-refractivity contribution in [2.75, 3.05) is 0 Å². The van der Waals surface area contributed by atoms with E-state index in [4.69, 9.17) is 11.6 Å². The highest BCUT2D eigenvalue weighted by Crippen LogP contribution is 2.19. The highest BCUT2D eigenvalue weighted by Gasteiger charge is 2.16. The molecule has 0 bridgehead atoms. The molecule has 0 spiro atoms. The van der Waals surface area contributed by atoms with E-state index >= 15 is 0 Å². The van der Waals surface area contributed by atoms with Gasteiger partial charge in [-0.05, 0) is 30.2 Å². The summed E-state index contributed by atoms with van der Waals surface area (Å²) in [5.41, 5.74) is 2.59. The van der Waals surface area contributed by atoms with Gasteiger partial charge in [-0.1, -0.05) is 54.1 Å². The Morgan fingerprint density at radius 1 is 1.00 bits per heavy atom. The fraction of sp³-hybridized carbons (Fsp3) is 0.190. The molecule has 28 heavy (non-hydrogen) atoms. The van der Waals surface area contributed by atoms with Gasteiger partial charge in [-0.3, -0.25) is 9.59 Å². The van der Waals surface area contributed by atoms with Gasteiger partial charge in [0, 0.05) is 18.1 Å². The van der Waals surface area contributed by atoms with Crippen LogP contribution in [0.2, 0.25) is 5.02 Å². The van der Waals surface area contributed by atoms with Gasteiger partial charge in [0.05, 0.1) is 12.1 Å². The van der Waals surface area contributed by atoms with Gasteiger partial charge in [0.1, 0.15) is 9.88 Å². The van der Waals surface area contributed by atoms with Crippen LogP contribution in [0.15, 0.2) is 54.6 Å². The van der Waals surface area contributed by atoms with E-state index in [-0.39, 0.29) is 18.2 Å². The molecule has 3 aromatic rings. The highest BCUT2D eigenvalue weighted by atomic mass is 35.5. The molecule has 0 aliphatic rings. The van der Waals surface area contributed by atoms with Gasteiger partial charge in [0.2, 0.25) is 5.91 Å². The SMILES string of the molecule is Cc1nc(CC(=O)NCc2cccc(Cl)c2)sc1C(=O)NCc1ccccc1. The van der Waals surface area contributed by atoms with E-state index in [0.717, 1.165) is 11.1 Å². The fourth-order valence-electron chi connectivity index (χ4n) is 2.64. The quantitative estimate of drug-likeness (QED) is 0.617. The van der Waals surface area contributed by atoms with Crippen molar-refractivity contribution in [2.24, 2.45) is 0 Å². The van der Waals surface area contributed by atoms with Crippen molar-refractivity contribution >= 4 is 34.8 Å². The van der Waals surface area contributed by atoms with Crippen LogP contribution in [0, 0.1) is 6.92 Å². The van der Waals surface area contributed by atoms with Crippen LogP contribution in [0.3, 0.4) is 0 Å². The topological polar surface area (TPSA) is 71.1 Å². The Labute approximate surface area is 172 Å². The molecule has 0 saturated heterocycles. The molecular formula is C21H20ClN3O2S. The summed E-state index contributed by atoms with van der Waals surface area (Å²) >= 11 is 7.20. The highest BCUT2D eigenvalue weighted by molar-refractivity contribution is 7.13. The van der Waals surface area contributed by atoms with Crippen LogP contribution in [-0.4, -0.2) is 16.8 Å². The third kappa shape index (κ3) is 5.65. The molecular weight excluding hydrogens is 394 g/mol. The number of nitrogens with zero attached hydrogens (tertiary/aromatic N) is 1. The summed E-state index contributed by atoms with van der Waals surface area (Å²) in [5, 5.41) is 6.99. The second-order valence-electron chi connectivity index (χ2n) is 6.27. The first kappa shape index (κ1) is 20.0. The van der Waals surface area contributed by atoms with Crippen molar-refractivity contribution in [3.63, 3.8) is 0 Å². The van der Waals surface area contributed by atoms with Crippen LogP contribution < -0.4 is 10.6 Å². The van der Waals surface area contributed by atoms with E-state index in [1.807, 2.05) is 48.5 Å². The summed E-state index contributed by atoms with van der Waals surface area (Å²) in [6, 6.07) is 17.0. The molecule has 2 aromatic carbocycles. The maximum Gasteiger partial charge on any atom is 0.263 e. The Bertz CT molecular complexity index is 973. The van der Waals surface area contributed by atoms with E-state index in [1.165, 1.54) is 11.3 Å². The molecule has 2 amide bonds. The molecule has 0 unspecified atom stereocenters. The lowest BCUT2D eigenvalue weighted by Crippen LogP contribution is -2.24. The second-order valence-corrected chi connectivity index (χ2v) is 7.79. The maximum atomic E-state index is 12.4. The molecule has 1 heterocycles. The average molecular weight is 414 g/mol. The first-order valence-electron chi connectivity index (χ1n) is 8.81. The molecule has 2 N–H and O–H groups in total. The average Bonchev–Trinajstić information content (AvgIpc) is 3.05. The van der Waals surface area contributed by atoms with Crippen LogP contribution >= 0.6 is 22.9 Å². The third-order valence-corrected chi connectivity index (χ3v) is 5.42. The minimum Gasteiger partial charge on any atom is -0.352 e. The molecule has 0 aliphatic carbocycles. The third-order valence-electron chi connectivity index (χ3n) is 4.03. The number of thiazole rings is 1. The lowest BCUT2D eigenvalue weighted by Gasteiger charge is -2.04. The Morgan fingerprint density at radius 2 is 1.71 bits per heavy atom. The first-order chi connectivity index (χ1) is 13.5. The summed E-state index contributed by atoms with van der Waals surface area (Å²) in [6.45, 7) is 2.63. The molecule has 3 rings (SSSR count). The molecule has 7 heteroatoms. The Kier molecular flexibility index (Phi) is 6.79. The number of halogens is 1. The molecule has 5 nitrogen and oxygen atoms in total. The number of amides is 2. The van der Waals surface area contributed by atoms with Gasteiger partial charge in [0.15, 0.2) is 0 Å². The van der Waals surface area contributed by atoms with E-state index in [1.54, 1.807) is 13.0 Å². The number of carbonyl (C=O) groups excluding carboxylic acids is 2. The molecule has 0 atom stereocenters. The summed E-state index contributed by atoms with van der Waals surface area (Å²) in [6.07, 6.45) is 0.137. The van der Waals surface area contributed by atoms with Gasteiger partial charge in [-0.25, -0.2) is 4.98 Å². The van der Waals surface area contributed by atoms with Crippen molar-refractivity contribution in [3.05, 3.63) is 86.3 Å². The van der Waals surface area contributed by atoms with E-state index < -0.39 is 0 Å². The molecule has 144 valence electrons. The summed E-state index contributed by atoms with van der Waals surface area (Å²) in [5.74, 6) is -0.325. The van der Waals surface area contributed by atoms with Crippen LogP contribution in [0.5, 0.6) is 0 Å². The number of nitrogens with one attached hydrogen (secondary N) is 2. The van der Waals surface area contributed by atoms with Crippen molar-refractivity contribution in [1.29, 1.82) is 0 Å². The molecule has 0 aliphatic heterocycles. The number of rotatable bonds is 7. The van der Waals surface area contributed by atoms with Gasteiger partial charge in [-0.15, -0.1) is 11.3 Å². The zero-order valence-corrected chi connectivity index (χ0v) is 16.9. The second kappa shape index (κ2) is 9.48. The predicted octanol–water partition coefficient (Wildman–Crippen LogP) is 3.89. The van der Waals surface area contributed by atoms with Crippen molar-refractivity contribution in [2.45, 2.75) is 26.4 Å². The van der Waals surface area contributed by atoms with E-state index in [2.05, 4.69) is 15.6 Å². The molecule has 0 radical (unpaired) electrons. The molecule has 1 aromatic heterocycles. The fourth-order valence-corrected chi connectivity index (χ4v) is 3.84. The largest absolute Gasteiger partial charge is 0.352 e. The number of carbonyl (C=O) groups is 2. The standard InChI is InChI=1S/C21H20ClN3O2S/c1-14-20(21(27)24-12-15-6-3-2-4-7-15)28-19(25-14)11-18(26)23-13-16-8-5-9-17(22)10-16/h2-10H,11-13H2,1H3,(H,23,26)(H,24,27).